The number of hydrogen-bond acceptors (Lipinski definition) is 3. The van der Waals surface area contributed by atoms with Crippen LogP contribution in [0.15, 0.2) is 30.3 Å². The van der Waals surface area contributed by atoms with Crippen molar-refractivity contribution in [2.45, 2.75) is 25.8 Å². The molecule has 0 heterocycles. The lowest BCUT2D eigenvalue weighted by atomic mass is 10.1. The lowest BCUT2D eigenvalue weighted by molar-refractivity contribution is -0.145. The number of esters is 1. The van der Waals surface area contributed by atoms with Crippen molar-refractivity contribution in [3.05, 3.63) is 35.9 Å². The lowest BCUT2D eigenvalue weighted by Gasteiger charge is -2.14. The Morgan fingerprint density at radius 2 is 2.12 bits per heavy atom. The van der Waals surface area contributed by atoms with Gasteiger partial charge in [-0.25, -0.2) is 4.79 Å². The molecule has 0 bridgehead atoms. The minimum absolute atomic E-state index is 0.366. The molecule has 1 unspecified atom stereocenters. The van der Waals surface area contributed by atoms with E-state index in [2.05, 4.69) is 5.32 Å². The highest BCUT2D eigenvalue weighted by atomic mass is 16.5. The molecule has 0 saturated heterocycles. The number of carbonyl (C=O) groups is 1. The summed E-state index contributed by atoms with van der Waals surface area (Å²) in [5, 5.41) is 2.36. The van der Waals surface area contributed by atoms with E-state index in [1.54, 1.807) is 6.41 Å². The smallest absolute Gasteiger partial charge is 0.328 e. The Labute approximate surface area is 101 Å². The van der Waals surface area contributed by atoms with Crippen LogP contribution in [-0.4, -0.2) is 25.0 Å². The Bertz CT molecular complexity index is 351. The van der Waals surface area contributed by atoms with E-state index in [0.29, 0.717) is 13.0 Å². The second-order valence-corrected chi connectivity index (χ2v) is 3.66. The van der Waals surface area contributed by atoms with Gasteiger partial charge in [0, 0.05) is 6.42 Å². The molecule has 17 heavy (non-hydrogen) atoms. The predicted octanol–water partition coefficient (Wildman–Crippen LogP) is 1.21. The third kappa shape index (κ3) is 4.68. The largest absolute Gasteiger partial charge is 0.464 e. The van der Waals surface area contributed by atoms with Gasteiger partial charge in [0.15, 0.2) is 0 Å². The van der Waals surface area contributed by atoms with Crippen LogP contribution in [0.3, 0.4) is 0 Å². The number of benzene rings is 1. The third-order valence-corrected chi connectivity index (χ3v) is 2.25. The minimum Gasteiger partial charge on any atom is -0.464 e. The maximum atomic E-state index is 11.6. The van der Waals surface area contributed by atoms with Crippen molar-refractivity contribution < 1.29 is 14.3 Å². The highest BCUT2D eigenvalue weighted by molar-refractivity contribution is 5.78. The maximum absolute atomic E-state index is 11.6. The fraction of sp³-hybridized carbons (Fsp3) is 0.385. The van der Waals surface area contributed by atoms with Crippen LogP contribution in [0.2, 0.25) is 0 Å². The van der Waals surface area contributed by atoms with Crippen LogP contribution in [0, 0.1) is 0 Å². The van der Waals surface area contributed by atoms with Crippen molar-refractivity contribution >= 4 is 12.4 Å². The van der Waals surface area contributed by atoms with E-state index >= 15 is 0 Å². The molecule has 0 fully saturated rings. The molecule has 1 atom stereocenters. The fourth-order valence-electron chi connectivity index (χ4n) is 1.42. The topological polar surface area (TPSA) is 55.4 Å². The van der Waals surface area contributed by atoms with E-state index in [4.69, 9.17) is 4.74 Å². The van der Waals surface area contributed by atoms with Gasteiger partial charge in [-0.3, -0.25) is 4.79 Å². The normalized spacial score (nSPS) is 11.6. The van der Waals surface area contributed by atoms with Gasteiger partial charge in [-0.05, 0) is 12.0 Å². The van der Waals surface area contributed by atoms with Crippen LogP contribution in [0.5, 0.6) is 0 Å². The van der Waals surface area contributed by atoms with Crippen LogP contribution in [0.25, 0.3) is 0 Å². The molecular weight excluding hydrogens is 218 g/mol. The third-order valence-electron chi connectivity index (χ3n) is 2.25. The molecule has 0 aliphatic heterocycles. The van der Waals surface area contributed by atoms with Crippen LogP contribution in [0.4, 0.5) is 0 Å². The van der Waals surface area contributed by atoms with Gasteiger partial charge in [-0.15, -0.1) is 0 Å². The highest BCUT2D eigenvalue weighted by Gasteiger charge is 2.19. The quantitative estimate of drug-likeness (QED) is 0.570. The molecule has 0 saturated carbocycles. The average molecular weight is 234 g/mol. The number of amides is 1. The first-order valence-corrected chi connectivity index (χ1v) is 5.61. The van der Waals surface area contributed by atoms with E-state index in [1.165, 1.54) is 0 Å². The molecule has 1 radical (unpaired) electrons. The number of hydrogen-bond donors (Lipinski definition) is 1. The number of ether oxygens (including phenoxy) is 1. The van der Waals surface area contributed by atoms with Gasteiger partial charge in [-0.1, -0.05) is 37.3 Å². The molecule has 4 heteroatoms. The molecule has 0 aliphatic rings. The number of nitrogens with one attached hydrogen (secondary N) is 1. The zero-order chi connectivity index (χ0) is 12.5. The van der Waals surface area contributed by atoms with Crippen LogP contribution < -0.4 is 5.32 Å². The average Bonchev–Trinajstić information content (AvgIpc) is 2.36. The summed E-state index contributed by atoms with van der Waals surface area (Å²) in [5.74, 6) is -0.418. The number of rotatable bonds is 7. The first kappa shape index (κ1) is 13.2. The first-order chi connectivity index (χ1) is 8.27. The summed E-state index contributed by atoms with van der Waals surface area (Å²) in [7, 11) is 0. The molecular formula is C13H16NO3. The van der Waals surface area contributed by atoms with Crippen LogP contribution in [-0.2, 0) is 20.7 Å². The first-order valence-electron chi connectivity index (χ1n) is 5.61. The zero-order valence-electron chi connectivity index (χ0n) is 9.81. The summed E-state index contributed by atoms with van der Waals surface area (Å²) >= 11 is 0. The summed E-state index contributed by atoms with van der Waals surface area (Å²) in [4.78, 5) is 22.0. The lowest BCUT2D eigenvalue weighted by Crippen LogP contribution is -2.39. The van der Waals surface area contributed by atoms with Crippen molar-refractivity contribution in [2.75, 3.05) is 6.61 Å². The predicted molar refractivity (Wildman–Crippen MR) is 64.0 cm³/mol. The Morgan fingerprint density at radius 1 is 1.41 bits per heavy atom. The standard InChI is InChI=1S/C13H16NO3/c1-2-8-17-13(16)12(14-10-15)9-11-6-4-3-5-7-11/h3-7,12H,2,8-9H2,1H3,(H,14,15). The second-order valence-electron chi connectivity index (χ2n) is 3.66. The van der Waals surface area contributed by atoms with Gasteiger partial charge >= 0.3 is 12.4 Å². The summed E-state index contributed by atoms with van der Waals surface area (Å²) < 4.78 is 5.00. The van der Waals surface area contributed by atoms with Gasteiger partial charge < -0.3 is 10.1 Å². The second kappa shape index (κ2) is 7.44. The molecule has 1 N–H and O–H groups in total. The van der Waals surface area contributed by atoms with Crippen LogP contribution >= 0.6 is 0 Å². The molecule has 0 aromatic heterocycles. The van der Waals surface area contributed by atoms with Gasteiger partial charge in [0.1, 0.15) is 6.04 Å². The number of carbonyl (C=O) groups excluding carboxylic acids is 2. The van der Waals surface area contributed by atoms with Gasteiger partial charge in [0.25, 0.3) is 0 Å². The van der Waals surface area contributed by atoms with E-state index < -0.39 is 12.0 Å². The minimum atomic E-state index is -0.665. The zero-order valence-corrected chi connectivity index (χ0v) is 9.81. The molecule has 0 spiro atoms. The Balaban J connectivity index is 2.59. The van der Waals surface area contributed by atoms with Crippen molar-refractivity contribution in [1.29, 1.82) is 0 Å². The van der Waals surface area contributed by atoms with Gasteiger partial charge in [0.2, 0.25) is 0 Å². The SMILES string of the molecule is CCCOC(=O)C(Cc1ccccc1)N[C]=O. The Morgan fingerprint density at radius 3 is 2.71 bits per heavy atom. The van der Waals surface area contributed by atoms with Crippen LogP contribution in [0.1, 0.15) is 18.9 Å². The van der Waals surface area contributed by atoms with E-state index in [0.717, 1.165) is 12.0 Å². The van der Waals surface area contributed by atoms with Gasteiger partial charge in [0.05, 0.1) is 6.61 Å². The fourth-order valence-corrected chi connectivity index (χ4v) is 1.42. The molecule has 0 aliphatic carbocycles. The van der Waals surface area contributed by atoms with Crippen molar-refractivity contribution in [1.82, 2.24) is 5.32 Å². The summed E-state index contributed by atoms with van der Waals surface area (Å²) in [5.41, 5.74) is 0.966. The summed E-state index contributed by atoms with van der Waals surface area (Å²) in [6.07, 6.45) is 2.72. The van der Waals surface area contributed by atoms with Crippen molar-refractivity contribution in [2.24, 2.45) is 0 Å². The Kier molecular flexibility index (Phi) is 5.79. The molecule has 4 nitrogen and oxygen atoms in total. The highest BCUT2D eigenvalue weighted by Crippen LogP contribution is 2.04. The molecule has 91 valence electrons. The van der Waals surface area contributed by atoms with Gasteiger partial charge in [-0.2, -0.15) is 0 Å². The van der Waals surface area contributed by atoms with Crippen molar-refractivity contribution in [3.63, 3.8) is 0 Å². The molecule has 1 rings (SSSR count). The summed E-state index contributed by atoms with van der Waals surface area (Å²) in [6, 6.07) is 8.79. The monoisotopic (exact) mass is 234 g/mol. The van der Waals surface area contributed by atoms with E-state index in [9.17, 15) is 9.59 Å². The molecule has 1 aromatic carbocycles. The molecule has 1 aromatic rings. The van der Waals surface area contributed by atoms with Crippen molar-refractivity contribution in [3.8, 4) is 0 Å². The Hall–Kier alpha value is -1.84. The van der Waals surface area contributed by atoms with E-state index in [-0.39, 0.29) is 0 Å². The van der Waals surface area contributed by atoms with E-state index in [1.807, 2.05) is 37.3 Å². The summed E-state index contributed by atoms with van der Waals surface area (Å²) in [6.45, 7) is 2.28. The molecule has 1 amide bonds. The maximum Gasteiger partial charge on any atom is 0.328 e.